The molecule has 3 rings (SSSR count). The number of carbonyl (C=O) groups excluding carboxylic acids is 1. The molecule has 0 spiro atoms. The Kier molecular flexibility index (Phi) is 5.53. The van der Waals surface area contributed by atoms with Gasteiger partial charge < -0.3 is 15.4 Å². The number of thiocarbonyl (C=S) groups is 1. The molecule has 2 heterocycles. The minimum Gasteiger partial charge on any atom is -0.465 e. The van der Waals surface area contributed by atoms with Crippen molar-refractivity contribution in [1.82, 2.24) is 5.32 Å². The first-order valence-electron chi connectivity index (χ1n) is 7.88. The van der Waals surface area contributed by atoms with E-state index in [1.807, 2.05) is 11.4 Å². The lowest BCUT2D eigenvalue weighted by Crippen LogP contribution is -2.28. The summed E-state index contributed by atoms with van der Waals surface area (Å²) in [6, 6.07) is 4.08. The van der Waals surface area contributed by atoms with Gasteiger partial charge in [-0.3, -0.25) is 0 Å². The fourth-order valence-electron chi connectivity index (χ4n) is 2.88. The van der Waals surface area contributed by atoms with Gasteiger partial charge in [-0.25, -0.2) is 4.79 Å². The molecule has 2 N–H and O–H groups in total. The number of hydrogen-bond acceptors (Lipinski definition) is 5. The molecule has 2 aromatic heterocycles. The smallest absolute Gasteiger partial charge is 0.341 e. The number of rotatable bonds is 4. The van der Waals surface area contributed by atoms with Crippen molar-refractivity contribution in [2.45, 2.75) is 32.7 Å². The molecule has 0 saturated heterocycles. The van der Waals surface area contributed by atoms with E-state index in [0.29, 0.717) is 23.1 Å². The molecular weight excluding hydrogens is 360 g/mol. The number of nitrogens with one attached hydrogen (secondary N) is 2. The molecular formula is C17H20N2O2S3. The summed E-state index contributed by atoms with van der Waals surface area (Å²) in [5.74, 6) is 0.365. The van der Waals surface area contributed by atoms with Gasteiger partial charge in [0.2, 0.25) is 0 Å². The van der Waals surface area contributed by atoms with Crippen LogP contribution in [0.25, 0.3) is 0 Å². The van der Waals surface area contributed by atoms with Crippen molar-refractivity contribution in [2.75, 3.05) is 12.4 Å². The number of hydrogen-bond donors (Lipinski definition) is 2. The van der Waals surface area contributed by atoms with Gasteiger partial charge in [0.25, 0.3) is 0 Å². The summed E-state index contributed by atoms with van der Waals surface area (Å²) >= 11 is 8.70. The van der Waals surface area contributed by atoms with E-state index >= 15 is 0 Å². The number of thiophene rings is 2. The Balaban J connectivity index is 1.76. The van der Waals surface area contributed by atoms with Gasteiger partial charge in [0.15, 0.2) is 5.11 Å². The third-order valence-electron chi connectivity index (χ3n) is 4.13. The molecule has 128 valence electrons. The van der Waals surface area contributed by atoms with E-state index in [0.717, 1.165) is 29.8 Å². The highest BCUT2D eigenvalue weighted by Crippen LogP contribution is 2.40. The van der Waals surface area contributed by atoms with Crippen molar-refractivity contribution in [1.29, 1.82) is 0 Å². The van der Waals surface area contributed by atoms with Crippen LogP contribution >= 0.6 is 34.9 Å². The highest BCUT2D eigenvalue weighted by molar-refractivity contribution is 7.80. The van der Waals surface area contributed by atoms with Crippen LogP contribution < -0.4 is 10.6 Å². The predicted octanol–water partition coefficient (Wildman–Crippen LogP) is 4.21. The second-order valence-electron chi connectivity index (χ2n) is 5.93. The number of ether oxygens (including phenoxy) is 1. The Morgan fingerprint density at radius 3 is 3.04 bits per heavy atom. The molecule has 0 aliphatic heterocycles. The number of fused-ring (bicyclic) bond motifs is 1. The lowest BCUT2D eigenvalue weighted by atomic mass is 9.88. The van der Waals surface area contributed by atoms with Gasteiger partial charge in [-0.1, -0.05) is 13.0 Å². The van der Waals surface area contributed by atoms with Crippen LogP contribution in [0, 0.1) is 5.92 Å². The summed E-state index contributed by atoms with van der Waals surface area (Å²) in [5, 5.41) is 9.76. The van der Waals surface area contributed by atoms with Gasteiger partial charge in [0.1, 0.15) is 5.00 Å². The lowest BCUT2D eigenvalue weighted by Gasteiger charge is -2.18. The molecule has 0 bridgehead atoms. The minimum atomic E-state index is -0.286. The fraction of sp³-hybridized carbons (Fsp3) is 0.412. The molecule has 7 heteroatoms. The average molecular weight is 381 g/mol. The molecule has 0 fully saturated rings. The Morgan fingerprint density at radius 1 is 1.50 bits per heavy atom. The molecule has 0 radical (unpaired) electrons. The van der Waals surface area contributed by atoms with Crippen molar-refractivity contribution >= 4 is 51.0 Å². The first kappa shape index (κ1) is 17.4. The normalized spacial score (nSPS) is 16.3. The quantitative estimate of drug-likeness (QED) is 0.615. The third kappa shape index (κ3) is 3.79. The minimum absolute atomic E-state index is 0.286. The van der Waals surface area contributed by atoms with Gasteiger partial charge >= 0.3 is 5.97 Å². The zero-order chi connectivity index (χ0) is 17.1. The van der Waals surface area contributed by atoms with Crippen molar-refractivity contribution in [3.63, 3.8) is 0 Å². The monoisotopic (exact) mass is 380 g/mol. The molecule has 1 atom stereocenters. The standard InChI is InChI=1S/C17H20N2O2S3/c1-10-5-6-12-13(8-10)24-15(14(12)16(20)21-2)19-17(22)18-9-11-4-3-7-23-11/h3-4,7,10H,5-6,8-9H2,1-2H3,(H2,18,19,22). The fourth-order valence-corrected chi connectivity index (χ4v) is 5.17. The van der Waals surface area contributed by atoms with Crippen molar-refractivity contribution < 1.29 is 9.53 Å². The summed E-state index contributed by atoms with van der Waals surface area (Å²) in [6.45, 7) is 2.93. The van der Waals surface area contributed by atoms with E-state index in [9.17, 15) is 4.79 Å². The summed E-state index contributed by atoms with van der Waals surface area (Å²) in [4.78, 5) is 14.7. The summed E-state index contributed by atoms with van der Waals surface area (Å²) in [6.07, 6.45) is 3.05. The maximum Gasteiger partial charge on any atom is 0.341 e. The Hall–Kier alpha value is -1.44. The van der Waals surface area contributed by atoms with E-state index in [-0.39, 0.29) is 5.97 Å². The number of methoxy groups -OCH3 is 1. The summed E-state index contributed by atoms with van der Waals surface area (Å²) in [5.41, 5.74) is 1.79. The molecule has 24 heavy (non-hydrogen) atoms. The van der Waals surface area contributed by atoms with Crippen LogP contribution in [0.15, 0.2) is 17.5 Å². The van der Waals surface area contributed by atoms with E-state index < -0.39 is 0 Å². The molecule has 1 aliphatic carbocycles. The Bertz CT molecular complexity index is 737. The van der Waals surface area contributed by atoms with Crippen molar-refractivity contribution in [2.24, 2.45) is 5.92 Å². The van der Waals surface area contributed by atoms with Gasteiger partial charge in [-0.15, -0.1) is 22.7 Å². The molecule has 4 nitrogen and oxygen atoms in total. The molecule has 0 aromatic carbocycles. The maximum absolute atomic E-state index is 12.3. The van der Waals surface area contributed by atoms with E-state index in [2.05, 4.69) is 23.6 Å². The summed E-state index contributed by atoms with van der Waals surface area (Å²) < 4.78 is 4.99. The van der Waals surface area contributed by atoms with Crippen LogP contribution in [0.3, 0.4) is 0 Å². The van der Waals surface area contributed by atoms with Crippen LogP contribution in [-0.2, 0) is 24.1 Å². The molecule has 1 unspecified atom stereocenters. The Morgan fingerprint density at radius 2 is 2.33 bits per heavy atom. The van der Waals surface area contributed by atoms with Gasteiger partial charge in [-0.05, 0) is 54.4 Å². The van der Waals surface area contributed by atoms with Crippen LogP contribution in [-0.4, -0.2) is 18.2 Å². The SMILES string of the molecule is COC(=O)c1c(NC(=S)NCc2cccs2)sc2c1CCC(C)C2. The molecule has 0 amide bonds. The zero-order valence-electron chi connectivity index (χ0n) is 13.7. The van der Waals surface area contributed by atoms with Crippen LogP contribution in [0.2, 0.25) is 0 Å². The van der Waals surface area contributed by atoms with Crippen LogP contribution in [0.4, 0.5) is 5.00 Å². The largest absolute Gasteiger partial charge is 0.465 e. The van der Waals surface area contributed by atoms with Crippen LogP contribution in [0.1, 0.15) is 39.0 Å². The molecule has 2 aromatic rings. The lowest BCUT2D eigenvalue weighted by molar-refractivity contribution is 0.0601. The molecule has 0 saturated carbocycles. The number of esters is 1. The highest BCUT2D eigenvalue weighted by Gasteiger charge is 2.28. The second kappa shape index (κ2) is 7.63. The predicted molar refractivity (Wildman–Crippen MR) is 104 cm³/mol. The number of anilines is 1. The molecule has 1 aliphatic rings. The summed E-state index contributed by atoms with van der Waals surface area (Å²) in [7, 11) is 1.43. The van der Waals surface area contributed by atoms with Crippen molar-refractivity contribution in [3.05, 3.63) is 38.4 Å². The zero-order valence-corrected chi connectivity index (χ0v) is 16.1. The second-order valence-corrected chi connectivity index (χ2v) is 8.48. The van der Waals surface area contributed by atoms with Crippen LogP contribution in [0.5, 0.6) is 0 Å². The first-order valence-corrected chi connectivity index (χ1v) is 9.99. The Labute approximate surface area is 155 Å². The third-order valence-corrected chi connectivity index (χ3v) is 6.42. The van der Waals surface area contributed by atoms with Gasteiger partial charge in [0, 0.05) is 9.75 Å². The van der Waals surface area contributed by atoms with Crippen molar-refractivity contribution in [3.8, 4) is 0 Å². The van der Waals surface area contributed by atoms with Gasteiger partial charge in [-0.2, -0.15) is 0 Å². The number of carbonyl (C=O) groups is 1. The average Bonchev–Trinajstić information content (AvgIpc) is 3.19. The van der Waals surface area contributed by atoms with E-state index in [1.54, 1.807) is 22.7 Å². The van der Waals surface area contributed by atoms with Gasteiger partial charge in [0.05, 0.1) is 19.2 Å². The maximum atomic E-state index is 12.3. The topological polar surface area (TPSA) is 50.4 Å². The van der Waals surface area contributed by atoms with E-state index in [1.165, 1.54) is 16.9 Å². The highest BCUT2D eigenvalue weighted by atomic mass is 32.1. The first-order chi connectivity index (χ1) is 11.6. The van der Waals surface area contributed by atoms with E-state index in [4.69, 9.17) is 17.0 Å².